The molecule has 2 aromatic carbocycles. The molecule has 1 aliphatic rings. The van der Waals surface area contributed by atoms with Crippen molar-refractivity contribution in [3.63, 3.8) is 0 Å². The minimum Gasteiger partial charge on any atom is -0.508 e. The number of nitrogens with zero attached hydrogens (tertiary/aromatic N) is 2. The van der Waals surface area contributed by atoms with Crippen molar-refractivity contribution in [3.05, 3.63) is 65.2 Å². The molecule has 0 spiro atoms. The monoisotopic (exact) mass is 502 g/mol. The van der Waals surface area contributed by atoms with Gasteiger partial charge in [0.25, 0.3) is 11.7 Å². The average molecular weight is 503 g/mol. The number of methoxy groups -OCH3 is 1. The molecule has 1 saturated heterocycles. The van der Waals surface area contributed by atoms with Crippen LogP contribution in [0.15, 0.2) is 59.0 Å². The lowest BCUT2D eigenvalue weighted by Crippen LogP contribution is -2.31. The summed E-state index contributed by atoms with van der Waals surface area (Å²) in [6.45, 7) is 4.74. The van der Waals surface area contributed by atoms with E-state index in [4.69, 9.17) is 4.74 Å². The number of carbonyl (C=O) groups excluding carboxylic acids is 2. The van der Waals surface area contributed by atoms with Crippen molar-refractivity contribution >= 4 is 27.5 Å². The van der Waals surface area contributed by atoms with E-state index in [1.54, 1.807) is 26.0 Å². The second-order valence-corrected chi connectivity index (χ2v) is 9.98. The Hall–Kier alpha value is -3.21. The first-order valence-electron chi connectivity index (χ1n) is 11.3. The number of aliphatic hydroxyl groups excluding tert-OH is 1. The molecule has 1 heterocycles. The zero-order valence-electron chi connectivity index (χ0n) is 20.0. The normalized spacial score (nSPS) is 17.9. The Morgan fingerprint density at radius 2 is 1.63 bits per heavy atom. The number of ether oxygens (including phenoxy) is 1. The van der Waals surface area contributed by atoms with Gasteiger partial charge in [-0.25, -0.2) is 8.42 Å². The number of Topliss-reactive ketones (excluding diaryl/α,β-unsaturated/α-hetero) is 1. The van der Waals surface area contributed by atoms with Crippen LogP contribution in [-0.2, 0) is 24.3 Å². The number of likely N-dealkylation sites (tertiary alicyclic amines) is 1. The Kier molecular flexibility index (Phi) is 8.31. The van der Waals surface area contributed by atoms with Gasteiger partial charge in [0, 0.05) is 38.9 Å². The van der Waals surface area contributed by atoms with Crippen LogP contribution in [-0.4, -0.2) is 72.9 Å². The molecule has 3 rings (SSSR count). The fourth-order valence-corrected chi connectivity index (χ4v) is 5.60. The van der Waals surface area contributed by atoms with Crippen LogP contribution in [0.2, 0.25) is 0 Å². The molecule has 2 N–H and O–H groups in total. The molecule has 10 heteroatoms. The summed E-state index contributed by atoms with van der Waals surface area (Å²) in [7, 11) is -2.15. The molecule has 0 unspecified atom stereocenters. The van der Waals surface area contributed by atoms with E-state index in [9.17, 15) is 28.2 Å². The molecule has 2 aromatic rings. The van der Waals surface area contributed by atoms with Crippen molar-refractivity contribution in [2.24, 2.45) is 0 Å². The van der Waals surface area contributed by atoms with E-state index in [2.05, 4.69) is 0 Å². The Bertz CT molecular complexity index is 1200. The summed E-state index contributed by atoms with van der Waals surface area (Å²) in [6.07, 6.45) is 0.482. The van der Waals surface area contributed by atoms with Crippen LogP contribution in [0.5, 0.6) is 5.75 Å². The molecule has 0 saturated carbocycles. The van der Waals surface area contributed by atoms with Crippen molar-refractivity contribution in [3.8, 4) is 5.75 Å². The molecule has 1 aliphatic heterocycles. The van der Waals surface area contributed by atoms with Gasteiger partial charge >= 0.3 is 0 Å². The molecular weight excluding hydrogens is 472 g/mol. The van der Waals surface area contributed by atoms with Gasteiger partial charge in [0.05, 0.1) is 16.5 Å². The fourth-order valence-electron chi connectivity index (χ4n) is 4.15. The Balaban J connectivity index is 2.07. The van der Waals surface area contributed by atoms with Crippen molar-refractivity contribution < 1.29 is 33.0 Å². The summed E-state index contributed by atoms with van der Waals surface area (Å²) in [5.74, 6) is -1.96. The van der Waals surface area contributed by atoms with Crippen LogP contribution in [0.3, 0.4) is 0 Å². The number of amides is 1. The number of phenolic OH excluding ortho intramolecular Hbond substituents is 1. The van der Waals surface area contributed by atoms with Gasteiger partial charge in [0.1, 0.15) is 11.5 Å². The highest BCUT2D eigenvalue weighted by Crippen LogP contribution is 2.40. The van der Waals surface area contributed by atoms with Crippen molar-refractivity contribution in [1.29, 1.82) is 0 Å². The van der Waals surface area contributed by atoms with E-state index in [1.165, 1.54) is 52.7 Å². The van der Waals surface area contributed by atoms with E-state index in [0.717, 1.165) is 0 Å². The highest BCUT2D eigenvalue weighted by Gasteiger charge is 2.45. The highest BCUT2D eigenvalue weighted by atomic mass is 32.2. The van der Waals surface area contributed by atoms with Crippen molar-refractivity contribution in [2.45, 2.75) is 31.2 Å². The van der Waals surface area contributed by atoms with Crippen LogP contribution in [0.1, 0.15) is 37.4 Å². The number of aromatic hydroxyl groups is 1. The maximum absolute atomic E-state index is 13.0. The van der Waals surface area contributed by atoms with Gasteiger partial charge in [0.2, 0.25) is 10.0 Å². The van der Waals surface area contributed by atoms with E-state index < -0.39 is 33.5 Å². The van der Waals surface area contributed by atoms with Gasteiger partial charge in [-0.3, -0.25) is 9.59 Å². The largest absolute Gasteiger partial charge is 0.508 e. The van der Waals surface area contributed by atoms with Crippen LogP contribution in [0, 0.1) is 0 Å². The van der Waals surface area contributed by atoms with Gasteiger partial charge in [-0.05, 0) is 48.4 Å². The van der Waals surface area contributed by atoms with Crippen LogP contribution < -0.4 is 0 Å². The summed E-state index contributed by atoms with van der Waals surface area (Å²) in [5, 5.41) is 20.8. The second-order valence-electron chi connectivity index (χ2n) is 8.04. The summed E-state index contributed by atoms with van der Waals surface area (Å²) >= 11 is 0. The third-order valence-corrected chi connectivity index (χ3v) is 8.03. The van der Waals surface area contributed by atoms with E-state index in [-0.39, 0.29) is 28.3 Å². The number of ketones is 1. The zero-order valence-corrected chi connectivity index (χ0v) is 20.8. The van der Waals surface area contributed by atoms with Crippen LogP contribution in [0.4, 0.5) is 0 Å². The molecule has 9 nitrogen and oxygen atoms in total. The smallest absolute Gasteiger partial charge is 0.295 e. The number of hydrogen-bond acceptors (Lipinski definition) is 7. The Morgan fingerprint density at radius 3 is 2.17 bits per heavy atom. The summed E-state index contributed by atoms with van der Waals surface area (Å²) in [6, 6.07) is 10.8. The molecule has 35 heavy (non-hydrogen) atoms. The lowest BCUT2D eigenvalue weighted by atomic mass is 9.95. The average Bonchev–Trinajstić information content (AvgIpc) is 3.10. The molecule has 1 atom stereocenters. The third kappa shape index (κ3) is 5.24. The van der Waals surface area contributed by atoms with E-state index in [1.807, 2.05) is 0 Å². The molecule has 1 fully saturated rings. The van der Waals surface area contributed by atoms with Crippen LogP contribution >= 0.6 is 0 Å². The van der Waals surface area contributed by atoms with Crippen molar-refractivity contribution in [1.82, 2.24) is 9.21 Å². The van der Waals surface area contributed by atoms with Gasteiger partial charge in [-0.15, -0.1) is 0 Å². The maximum atomic E-state index is 13.0. The first-order valence-corrected chi connectivity index (χ1v) is 12.8. The SMILES string of the molecule is CCN(CC)S(=O)(=O)c1ccc(/C(O)=C2\C(=O)C(=O)N(CCCOC)[C@H]2c2ccc(O)cc2)cc1. The van der Waals surface area contributed by atoms with E-state index >= 15 is 0 Å². The molecule has 0 aliphatic carbocycles. The number of benzene rings is 2. The van der Waals surface area contributed by atoms with E-state index in [0.29, 0.717) is 31.7 Å². The van der Waals surface area contributed by atoms with Crippen LogP contribution in [0.25, 0.3) is 5.76 Å². The topological polar surface area (TPSA) is 124 Å². The Labute approximate surface area is 205 Å². The minimum atomic E-state index is -3.69. The molecule has 1 amide bonds. The quantitative estimate of drug-likeness (QED) is 0.222. The van der Waals surface area contributed by atoms with Gasteiger partial charge in [-0.2, -0.15) is 4.31 Å². The number of aliphatic hydroxyl groups is 1. The first-order chi connectivity index (χ1) is 16.7. The predicted octanol–water partition coefficient (Wildman–Crippen LogP) is 2.88. The summed E-state index contributed by atoms with van der Waals surface area (Å²) in [4.78, 5) is 27.3. The number of sulfonamides is 1. The zero-order chi connectivity index (χ0) is 25.8. The molecular formula is C25H30N2O7S. The maximum Gasteiger partial charge on any atom is 0.295 e. The Morgan fingerprint density at radius 1 is 1.03 bits per heavy atom. The minimum absolute atomic E-state index is 0.0232. The standard InChI is InChI=1S/C25H30N2O7S/c1-4-26(5-2)35(32,33)20-13-9-18(10-14-20)23(29)21-22(17-7-11-19(28)12-8-17)27(15-6-16-34-3)25(31)24(21)30/h7-14,22,28-29H,4-6,15-16H2,1-3H3/b23-21+/t22-/m0/s1. The number of rotatable bonds is 10. The van der Waals surface area contributed by atoms with Gasteiger partial charge in [-0.1, -0.05) is 26.0 Å². The van der Waals surface area contributed by atoms with Gasteiger partial charge < -0.3 is 19.8 Å². The molecule has 0 bridgehead atoms. The lowest BCUT2D eigenvalue weighted by molar-refractivity contribution is -0.140. The number of hydrogen-bond donors (Lipinski definition) is 2. The molecule has 0 radical (unpaired) electrons. The highest BCUT2D eigenvalue weighted by molar-refractivity contribution is 7.89. The number of carbonyl (C=O) groups is 2. The predicted molar refractivity (Wildman–Crippen MR) is 130 cm³/mol. The second kappa shape index (κ2) is 11.0. The first kappa shape index (κ1) is 26.4. The molecule has 188 valence electrons. The summed E-state index contributed by atoms with van der Waals surface area (Å²) < 4.78 is 31.9. The lowest BCUT2D eigenvalue weighted by Gasteiger charge is -2.25. The fraction of sp³-hybridized carbons (Fsp3) is 0.360. The molecule has 0 aromatic heterocycles. The number of phenols is 1. The third-order valence-electron chi connectivity index (χ3n) is 5.97. The van der Waals surface area contributed by atoms with Crippen molar-refractivity contribution in [2.75, 3.05) is 33.4 Å². The van der Waals surface area contributed by atoms with Gasteiger partial charge in [0.15, 0.2) is 0 Å². The summed E-state index contributed by atoms with van der Waals surface area (Å²) in [5.41, 5.74) is 0.654.